The Balaban J connectivity index is 1.49. The van der Waals surface area contributed by atoms with E-state index in [1.807, 2.05) is 49.6 Å². The molecular weight excluding hydrogens is 504 g/mol. The number of aliphatic hydroxyl groups excluding tert-OH is 3. The van der Waals surface area contributed by atoms with Gasteiger partial charge in [-0.15, -0.1) is 11.8 Å². The molecule has 0 spiro atoms. The third kappa shape index (κ3) is 6.67. The molecule has 2 aliphatic rings. The van der Waals surface area contributed by atoms with Crippen molar-refractivity contribution in [2.45, 2.75) is 68.1 Å². The van der Waals surface area contributed by atoms with E-state index in [2.05, 4.69) is 27.4 Å². The minimum absolute atomic E-state index is 0.123. The molecule has 9 nitrogen and oxygen atoms in total. The number of aliphatic hydroxyl groups is 3. The quantitative estimate of drug-likeness (QED) is 0.305. The van der Waals surface area contributed by atoms with E-state index >= 15 is 0 Å². The zero-order chi connectivity index (χ0) is 27.2. The van der Waals surface area contributed by atoms with E-state index in [4.69, 9.17) is 4.74 Å². The Morgan fingerprint density at radius 3 is 2.58 bits per heavy atom. The van der Waals surface area contributed by atoms with Gasteiger partial charge in [-0.3, -0.25) is 14.7 Å². The maximum Gasteiger partial charge on any atom is 0.237 e. The van der Waals surface area contributed by atoms with Crippen molar-refractivity contribution in [1.29, 1.82) is 0 Å². The van der Waals surface area contributed by atoms with Crippen LogP contribution in [-0.2, 0) is 9.53 Å². The summed E-state index contributed by atoms with van der Waals surface area (Å²) in [7, 11) is 1.97. The molecule has 5 N–H and O–H groups in total. The lowest BCUT2D eigenvalue weighted by molar-refractivity contribution is -0.204. The summed E-state index contributed by atoms with van der Waals surface area (Å²) in [5.74, 6) is 0.354. The Kier molecular flexibility index (Phi) is 10.0. The van der Waals surface area contributed by atoms with Gasteiger partial charge in [0.05, 0.1) is 12.1 Å². The smallest absolute Gasteiger partial charge is 0.237 e. The van der Waals surface area contributed by atoms with E-state index in [1.54, 1.807) is 12.5 Å². The molecule has 2 aromatic rings. The van der Waals surface area contributed by atoms with Crippen LogP contribution in [0.4, 0.5) is 5.69 Å². The first-order chi connectivity index (χ1) is 18.3. The molecular formula is C28H40N4O5S. The molecule has 10 heteroatoms. The minimum Gasteiger partial charge on any atom is -0.388 e. The van der Waals surface area contributed by atoms with E-state index in [-0.39, 0.29) is 18.5 Å². The molecule has 38 heavy (non-hydrogen) atoms. The number of carbonyl (C=O) groups excluding carboxylic acids is 1. The van der Waals surface area contributed by atoms with Crippen molar-refractivity contribution < 1.29 is 24.9 Å². The second-order valence-corrected chi connectivity index (χ2v) is 11.3. The summed E-state index contributed by atoms with van der Waals surface area (Å²) in [5, 5.41) is 38.2. The molecule has 1 aromatic carbocycles. The van der Waals surface area contributed by atoms with Crippen molar-refractivity contribution in [2.75, 3.05) is 31.7 Å². The Labute approximate surface area is 229 Å². The summed E-state index contributed by atoms with van der Waals surface area (Å²) in [6.45, 7) is 3.29. The van der Waals surface area contributed by atoms with Crippen molar-refractivity contribution in [3.8, 4) is 11.1 Å². The lowest BCUT2D eigenvalue weighted by Crippen LogP contribution is -2.64. The van der Waals surface area contributed by atoms with Gasteiger partial charge in [0.25, 0.3) is 0 Å². The number of pyridine rings is 1. The Hall–Kier alpha value is -2.21. The predicted octanol–water partition coefficient (Wildman–Crippen LogP) is 1.94. The van der Waals surface area contributed by atoms with Crippen molar-refractivity contribution in [2.24, 2.45) is 5.92 Å². The Morgan fingerprint density at radius 2 is 1.92 bits per heavy atom. The molecule has 1 aromatic heterocycles. The van der Waals surface area contributed by atoms with Crippen molar-refractivity contribution in [3.05, 3.63) is 48.8 Å². The molecule has 208 valence electrons. The number of amides is 1. The number of anilines is 1. The van der Waals surface area contributed by atoms with Crippen LogP contribution in [0.2, 0.25) is 0 Å². The number of likely N-dealkylation sites (tertiary alicyclic amines) is 1. The van der Waals surface area contributed by atoms with Gasteiger partial charge in [0, 0.05) is 31.2 Å². The van der Waals surface area contributed by atoms with Crippen LogP contribution in [0.1, 0.15) is 26.2 Å². The lowest BCUT2D eigenvalue weighted by Gasteiger charge is -2.43. The first-order valence-corrected chi connectivity index (χ1v) is 14.6. The van der Waals surface area contributed by atoms with Gasteiger partial charge in [-0.25, -0.2) is 0 Å². The van der Waals surface area contributed by atoms with E-state index in [9.17, 15) is 20.1 Å². The van der Waals surface area contributed by atoms with Gasteiger partial charge in [-0.2, -0.15) is 0 Å². The van der Waals surface area contributed by atoms with Crippen LogP contribution in [0.15, 0.2) is 48.8 Å². The first kappa shape index (κ1) is 28.8. The van der Waals surface area contributed by atoms with Crippen LogP contribution < -0.4 is 10.6 Å². The molecule has 0 radical (unpaired) electrons. The van der Waals surface area contributed by atoms with E-state index in [0.717, 1.165) is 42.6 Å². The number of aromatic nitrogens is 1. The molecule has 2 saturated heterocycles. The van der Waals surface area contributed by atoms with Crippen molar-refractivity contribution >= 4 is 23.4 Å². The van der Waals surface area contributed by atoms with Gasteiger partial charge < -0.3 is 30.7 Å². The van der Waals surface area contributed by atoms with Crippen LogP contribution in [0.25, 0.3) is 11.1 Å². The second-order valence-electron chi connectivity index (χ2n) is 10.3. The number of benzene rings is 1. The van der Waals surface area contributed by atoms with Crippen LogP contribution in [0, 0.1) is 5.92 Å². The molecule has 3 heterocycles. The fourth-order valence-corrected chi connectivity index (χ4v) is 6.18. The second kappa shape index (κ2) is 13.2. The SMILES string of the molecule is CCC[C@@H]1C[C@@H](C(=O)N[C@H](CNc2ccc(-c3cccnc3)cc2)[C@H]2OC(SC)[C@H](O)[C@H](O)C2O)N(C)C1. The maximum atomic E-state index is 13.4. The molecule has 2 aliphatic heterocycles. The summed E-state index contributed by atoms with van der Waals surface area (Å²) in [4.78, 5) is 19.7. The Bertz CT molecular complexity index is 1030. The summed E-state index contributed by atoms with van der Waals surface area (Å²) < 4.78 is 6.04. The number of nitrogens with one attached hydrogen (secondary N) is 2. The van der Waals surface area contributed by atoms with Gasteiger partial charge in [-0.1, -0.05) is 31.5 Å². The van der Waals surface area contributed by atoms with Crippen molar-refractivity contribution in [1.82, 2.24) is 15.2 Å². The largest absolute Gasteiger partial charge is 0.388 e. The molecule has 0 saturated carbocycles. The highest BCUT2D eigenvalue weighted by molar-refractivity contribution is 7.99. The monoisotopic (exact) mass is 544 g/mol. The summed E-state index contributed by atoms with van der Waals surface area (Å²) in [6.07, 6.45) is 3.39. The molecule has 0 aliphatic carbocycles. The molecule has 1 amide bonds. The minimum atomic E-state index is -1.38. The molecule has 8 atom stereocenters. The highest BCUT2D eigenvalue weighted by atomic mass is 32.2. The van der Waals surface area contributed by atoms with Crippen molar-refractivity contribution in [3.63, 3.8) is 0 Å². The topological polar surface area (TPSA) is 127 Å². The van der Waals surface area contributed by atoms with Gasteiger partial charge >= 0.3 is 0 Å². The van der Waals surface area contributed by atoms with Gasteiger partial charge in [0.1, 0.15) is 29.9 Å². The lowest BCUT2D eigenvalue weighted by atomic mass is 9.94. The van der Waals surface area contributed by atoms with Crippen LogP contribution in [0.3, 0.4) is 0 Å². The summed E-state index contributed by atoms with van der Waals surface area (Å²) in [5.41, 5.74) is 2.16. The number of rotatable bonds is 10. The van der Waals surface area contributed by atoms with Gasteiger partial charge in [-0.05, 0) is 61.4 Å². The first-order valence-electron chi connectivity index (χ1n) is 13.3. The zero-order valence-electron chi connectivity index (χ0n) is 22.2. The zero-order valence-corrected chi connectivity index (χ0v) is 23.1. The average Bonchev–Trinajstić information content (AvgIpc) is 3.31. The molecule has 2 fully saturated rings. The van der Waals surface area contributed by atoms with E-state index < -0.39 is 35.9 Å². The number of carbonyl (C=O) groups is 1. The number of likely N-dealkylation sites (N-methyl/N-ethyl adjacent to an activating group) is 1. The van der Waals surface area contributed by atoms with Crippen LogP contribution in [-0.4, -0.2) is 99.4 Å². The highest BCUT2D eigenvalue weighted by Crippen LogP contribution is 2.30. The van der Waals surface area contributed by atoms with Crippen LogP contribution in [0.5, 0.6) is 0 Å². The number of ether oxygens (including phenoxy) is 1. The fourth-order valence-electron chi connectivity index (χ4n) is 5.50. The third-order valence-corrected chi connectivity index (χ3v) is 8.46. The average molecular weight is 545 g/mol. The standard InChI is InChI=1S/C28H40N4O5S/c1-4-6-17-13-22(32(2)16-17)27(36)31-21(26-24(34)23(33)25(35)28(37-26)38-3)15-30-20-10-8-18(9-11-20)19-7-5-12-29-14-19/h5,7-12,14,17,21-26,28,30,33-35H,4,6,13,15-16H2,1-3H3,(H,31,36)/t17-,21-,22+,23-,24?,25-,26-,28?/m1/s1. The van der Waals surface area contributed by atoms with E-state index in [0.29, 0.717) is 5.92 Å². The Morgan fingerprint density at radius 1 is 1.16 bits per heavy atom. The normalized spacial score (nSPS) is 30.6. The highest BCUT2D eigenvalue weighted by Gasteiger charge is 2.47. The van der Waals surface area contributed by atoms with E-state index in [1.165, 1.54) is 11.8 Å². The predicted molar refractivity (Wildman–Crippen MR) is 150 cm³/mol. The number of nitrogens with zero attached hydrogens (tertiary/aromatic N) is 2. The maximum absolute atomic E-state index is 13.4. The summed E-state index contributed by atoms with van der Waals surface area (Å²) >= 11 is 1.26. The van der Waals surface area contributed by atoms with Gasteiger partial charge in [0.2, 0.25) is 5.91 Å². The molecule has 0 bridgehead atoms. The fraction of sp³-hybridized carbons (Fsp3) is 0.571. The summed E-state index contributed by atoms with van der Waals surface area (Å²) in [6, 6.07) is 10.9. The van der Waals surface area contributed by atoms with Gasteiger partial charge in [0.15, 0.2) is 0 Å². The molecule has 2 unspecified atom stereocenters. The number of thioether (sulfide) groups is 1. The number of hydrogen-bond donors (Lipinski definition) is 5. The third-order valence-electron chi connectivity index (χ3n) is 7.60. The molecule has 4 rings (SSSR count). The number of hydrogen-bond acceptors (Lipinski definition) is 9. The van der Waals surface area contributed by atoms with Crippen LogP contribution >= 0.6 is 11.8 Å².